The number of hydrogen-bond acceptors (Lipinski definition) is 5. The highest BCUT2D eigenvalue weighted by Gasteiger charge is 2.47. The molecule has 1 aliphatic rings. The maximum Gasteiger partial charge on any atom is 0.410 e. The molecular formula is C38H56N4O4Si. The van der Waals surface area contributed by atoms with Crippen LogP contribution in [0.1, 0.15) is 106 Å². The Kier molecular flexibility index (Phi) is 11.1. The molecule has 0 aliphatic carbocycles. The molecule has 2 amide bonds. The van der Waals surface area contributed by atoms with Gasteiger partial charge in [-0.1, -0.05) is 70.2 Å². The third-order valence-corrected chi connectivity index (χ3v) is 14.3. The SMILES string of the molecule is CCc1n[nH]c(CN(C)C(=O)c2ccc(C[C@@H]3CC[C@H]([C@H](O[Si](C)(C)C(C)(C)C)c4ccccc4)N3C(=O)OC(C)(C)C)cc2)c1C. The van der Waals surface area contributed by atoms with Gasteiger partial charge in [0.2, 0.25) is 0 Å². The Labute approximate surface area is 283 Å². The lowest BCUT2D eigenvalue weighted by Crippen LogP contribution is -2.50. The third-order valence-electron chi connectivity index (χ3n) is 9.82. The van der Waals surface area contributed by atoms with Gasteiger partial charge in [0.1, 0.15) is 5.60 Å². The highest BCUT2D eigenvalue weighted by atomic mass is 28.4. The minimum atomic E-state index is -2.20. The number of likely N-dealkylation sites (tertiary alicyclic amines) is 1. The van der Waals surface area contributed by atoms with Gasteiger partial charge in [0.05, 0.1) is 30.1 Å². The van der Waals surface area contributed by atoms with Crippen molar-refractivity contribution >= 4 is 20.3 Å². The Morgan fingerprint density at radius 1 is 1.02 bits per heavy atom. The van der Waals surface area contributed by atoms with Gasteiger partial charge in [0.15, 0.2) is 8.32 Å². The van der Waals surface area contributed by atoms with Crippen molar-refractivity contribution in [1.82, 2.24) is 20.0 Å². The van der Waals surface area contributed by atoms with E-state index in [2.05, 4.69) is 63.1 Å². The van der Waals surface area contributed by atoms with E-state index in [1.807, 2.05) is 82.1 Å². The van der Waals surface area contributed by atoms with Gasteiger partial charge in [-0.2, -0.15) is 5.10 Å². The van der Waals surface area contributed by atoms with E-state index >= 15 is 0 Å². The fourth-order valence-corrected chi connectivity index (χ4v) is 7.36. The molecule has 1 saturated heterocycles. The summed E-state index contributed by atoms with van der Waals surface area (Å²) in [5.74, 6) is -0.0478. The minimum Gasteiger partial charge on any atom is -0.444 e. The van der Waals surface area contributed by atoms with Gasteiger partial charge in [-0.15, -0.1) is 0 Å². The summed E-state index contributed by atoms with van der Waals surface area (Å²) in [6.07, 6.45) is 2.59. The van der Waals surface area contributed by atoms with Crippen LogP contribution in [-0.4, -0.2) is 65.0 Å². The topological polar surface area (TPSA) is 87.8 Å². The maximum atomic E-state index is 14.0. The summed E-state index contributed by atoms with van der Waals surface area (Å²) in [5, 5.41) is 7.47. The van der Waals surface area contributed by atoms with Crippen LogP contribution in [0, 0.1) is 6.92 Å². The average molecular weight is 661 g/mol. The molecule has 1 aromatic heterocycles. The summed E-state index contributed by atoms with van der Waals surface area (Å²) in [4.78, 5) is 31.0. The van der Waals surface area contributed by atoms with Crippen LogP contribution in [0.25, 0.3) is 0 Å². The van der Waals surface area contributed by atoms with Crippen molar-refractivity contribution in [2.45, 2.75) is 130 Å². The van der Waals surface area contributed by atoms with Crippen molar-refractivity contribution in [2.24, 2.45) is 0 Å². The molecule has 256 valence electrons. The van der Waals surface area contributed by atoms with Gasteiger partial charge >= 0.3 is 6.09 Å². The van der Waals surface area contributed by atoms with Crippen molar-refractivity contribution in [3.8, 4) is 0 Å². The molecule has 3 atom stereocenters. The fourth-order valence-electron chi connectivity index (χ4n) is 6.07. The highest BCUT2D eigenvalue weighted by molar-refractivity contribution is 6.74. The molecule has 1 aliphatic heterocycles. The molecule has 8 nitrogen and oxygen atoms in total. The number of aromatic nitrogens is 2. The number of ether oxygens (including phenoxy) is 1. The van der Waals surface area contributed by atoms with E-state index in [1.165, 1.54) is 0 Å². The van der Waals surface area contributed by atoms with E-state index in [9.17, 15) is 9.59 Å². The number of nitrogens with zero attached hydrogens (tertiary/aromatic N) is 3. The number of benzene rings is 2. The highest BCUT2D eigenvalue weighted by Crippen LogP contribution is 2.44. The normalized spacial score (nSPS) is 17.9. The van der Waals surface area contributed by atoms with Crippen LogP contribution >= 0.6 is 0 Å². The van der Waals surface area contributed by atoms with Crippen LogP contribution in [0.2, 0.25) is 18.1 Å². The molecule has 47 heavy (non-hydrogen) atoms. The van der Waals surface area contributed by atoms with Gasteiger partial charge in [-0.05, 0) is 100 Å². The van der Waals surface area contributed by atoms with Crippen LogP contribution in [0.4, 0.5) is 4.79 Å². The quantitative estimate of drug-likeness (QED) is 0.220. The molecule has 2 aromatic carbocycles. The lowest BCUT2D eigenvalue weighted by Gasteiger charge is -2.43. The number of aromatic amines is 1. The lowest BCUT2D eigenvalue weighted by molar-refractivity contribution is -0.00239. The Bertz CT molecular complexity index is 1510. The maximum absolute atomic E-state index is 14.0. The Morgan fingerprint density at radius 2 is 1.66 bits per heavy atom. The lowest BCUT2D eigenvalue weighted by atomic mass is 10.0. The first-order valence-electron chi connectivity index (χ1n) is 17.0. The predicted molar refractivity (Wildman–Crippen MR) is 191 cm³/mol. The number of aryl methyl sites for hydroxylation is 1. The number of nitrogens with one attached hydrogen (secondary N) is 1. The van der Waals surface area contributed by atoms with E-state index in [1.54, 1.807) is 4.90 Å². The minimum absolute atomic E-state index is 0.0116. The average Bonchev–Trinajstić information content (AvgIpc) is 3.57. The first-order chi connectivity index (χ1) is 21.9. The van der Waals surface area contributed by atoms with Crippen LogP contribution < -0.4 is 0 Å². The van der Waals surface area contributed by atoms with Crippen LogP contribution in [0.5, 0.6) is 0 Å². The molecule has 2 heterocycles. The van der Waals surface area contributed by atoms with Gasteiger partial charge < -0.3 is 14.1 Å². The smallest absolute Gasteiger partial charge is 0.410 e. The second-order valence-corrected chi connectivity index (χ2v) is 20.3. The summed E-state index contributed by atoms with van der Waals surface area (Å²) in [6.45, 7) is 21.6. The number of amides is 2. The number of carbonyl (C=O) groups is 2. The Morgan fingerprint density at radius 3 is 2.21 bits per heavy atom. The van der Waals surface area contributed by atoms with E-state index in [0.717, 1.165) is 47.3 Å². The molecule has 1 fully saturated rings. The van der Waals surface area contributed by atoms with Crippen molar-refractivity contribution < 1.29 is 18.8 Å². The van der Waals surface area contributed by atoms with Gasteiger partial charge in [0, 0.05) is 18.7 Å². The molecule has 1 N–H and O–H groups in total. The van der Waals surface area contributed by atoms with Crippen molar-refractivity contribution in [3.05, 3.63) is 88.2 Å². The molecule has 4 rings (SSSR count). The predicted octanol–water partition coefficient (Wildman–Crippen LogP) is 8.63. The molecule has 0 spiro atoms. The van der Waals surface area contributed by atoms with Gasteiger partial charge in [0.25, 0.3) is 5.91 Å². The largest absolute Gasteiger partial charge is 0.444 e. The Hall–Kier alpha value is -3.43. The molecule has 9 heteroatoms. The summed E-state index contributed by atoms with van der Waals surface area (Å²) in [7, 11) is -0.387. The van der Waals surface area contributed by atoms with Gasteiger partial charge in [-0.3, -0.25) is 14.8 Å². The monoisotopic (exact) mass is 660 g/mol. The zero-order valence-corrected chi connectivity index (χ0v) is 31.4. The number of carbonyl (C=O) groups excluding carboxylic acids is 2. The zero-order chi connectivity index (χ0) is 34.7. The van der Waals surface area contributed by atoms with Crippen LogP contribution in [0.3, 0.4) is 0 Å². The van der Waals surface area contributed by atoms with E-state index in [-0.39, 0.29) is 35.2 Å². The summed E-state index contributed by atoms with van der Waals surface area (Å²) in [6, 6.07) is 17.9. The zero-order valence-electron chi connectivity index (χ0n) is 30.4. The number of rotatable bonds is 10. The van der Waals surface area contributed by atoms with Crippen molar-refractivity contribution in [1.29, 1.82) is 0 Å². The van der Waals surface area contributed by atoms with E-state index in [0.29, 0.717) is 18.5 Å². The summed E-state index contributed by atoms with van der Waals surface area (Å²) in [5.41, 5.74) is 5.25. The first-order valence-corrected chi connectivity index (χ1v) is 19.9. The van der Waals surface area contributed by atoms with Gasteiger partial charge in [-0.25, -0.2) is 4.79 Å². The summed E-state index contributed by atoms with van der Waals surface area (Å²) >= 11 is 0. The number of H-pyrrole nitrogens is 1. The van der Waals surface area contributed by atoms with Crippen molar-refractivity contribution in [3.63, 3.8) is 0 Å². The third kappa shape index (κ3) is 8.73. The standard InChI is InChI=1S/C38H56N4O4Si/c1-12-31-26(2)32(40-39-31)25-41(9)35(43)29-20-18-27(19-21-29)24-30-22-23-33(42(30)36(44)45-37(3,4)5)34(28-16-14-13-15-17-28)46-47(10,11)38(6,7)8/h13-21,30,33-34H,12,22-25H2,1-11H3,(H,39,40)/t30-,33+,34+/m0/s1. The van der Waals surface area contributed by atoms with Crippen molar-refractivity contribution in [2.75, 3.05) is 7.05 Å². The summed E-state index contributed by atoms with van der Waals surface area (Å²) < 4.78 is 13.2. The first kappa shape index (κ1) is 36.4. The fraction of sp³-hybridized carbons (Fsp3) is 0.553. The molecule has 0 radical (unpaired) electrons. The Balaban J connectivity index is 1.57. The van der Waals surface area contributed by atoms with Crippen LogP contribution in [0.15, 0.2) is 54.6 Å². The molecule has 0 bridgehead atoms. The molecule has 0 saturated carbocycles. The molecule has 3 aromatic rings. The van der Waals surface area contributed by atoms with E-state index < -0.39 is 13.9 Å². The second kappa shape index (κ2) is 14.4. The number of hydrogen-bond donors (Lipinski definition) is 1. The van der Waals surface area contributed by atoms with E-state index in [4.69, 9.17) is 9.16 Å². The molecular weight excluding hydrogens is 605 g/mol. The molecule has 0 unspecified atom stereocenters. The van der Waals surface area contributed by atoms with Crippen LogP contribution in [-0.2, 0) is 28.5 Å². The second-order valence-electron chi connectivity index (χ2n) is 15.6.